The monoisotopic (exact) mass is 399 g/mol. The van der Waals surface area contributed by atoms with Crippen molar-refractivity contribution in [1.82, 2.24) is 10.1 Å². The van der Waals surface area contributed by atoms with Crippen molar-refractivity contribution in [1.29, 1.82) is 0 Å². The van der Waals surface area contributed by atoms with Gasteiger partial charge in [-0.25, -0.2) is 0 Å². The van der Waals surface area contributed by atoms with E-state index in [-0.39, 0.29) is 12.5 Å². The van der Waals surface area contributed by atoms with Crippen molar-refractivity contribution in [2.45, 2.75) is 13.3 Å². The zero-order valence-electron chi connectivity index (χ0n) is 16.5. The number of carbonyl (C=O) groups excluding carboxylic acids is 1. The summed E-state index contributed by atoms with van der Waals surface area (Å²) in [6.07, 6.45) is 0.958. The highest BCUT2D eigenvalue weighted by Gasteiger charge is 2.15. The van der Waals surface area contributed by atoms with Gasteiger partial charge in [-0.15, -0.1) is 0 Å². The van der Waals surface area contributed by atoms with Gasteiger partial charge in [0, 0.05) is 5.56 Å². The number of hydrogen-bond acceptors (Lipinski definition) is 5. The molecule has 1 N–H and O–H groups in total. The second kappa shape index (κ2) is 9.05. The van der Waals surface area contributed by atoms with Crippen LogP contribution < -0.4 is 10.1 Å². The lowest BCUT2D eigenvalue weighted by molar-refractivity contribution is -0.118. The van der Waals surface area contributed by atoms with Crippen molar-refractivity contribution in [2.75, 3.05) is 11.9 Å². The van der Waals surface area contributed by atoms with E-state index in [1.54, 1.807) is 6.07 Å². The van der Waals surface area contributed by atoms with Crippen LogP contribution in [0.1, 0.15) is 12.5 Å². The second-order valence-corrected chi connectivity index (χ2v) is 6.67. The first kappa shape index (κ1) is 19.4. The molecule has 0 saturated carbocycles. The minimum Gasteiger partial charge on any atom is -0.484 e. The molecule has 6 nitrogen and oxygen atoms in total. The third-order valence-corrected chi connectivity index (χ3v) is 4.59. The van der Waals surface area contributed by atoms with Gasteiger partial charge in [-0.3, -0.25) is 4.79 Å². The van der Waals surface area contributed by atoms with Gasteiger partial charge in [0.15, 0.2) is 6.61 Å². The summed E-state index contributed by atoms with van der Waals surface area (Å²) in [6.45, 7) is 1.99. The molecule has 0 radical (unpaired) electrons. The van der Waals surface area contributed by atoms with Crippen LogP contribution in [0.4, 0.5) is 5.69 Å². The van der Waals surface area contributed by atoms with Crippen molar-refractivity contribution < 1.29 is 14.1 Å². The molecule has 1 heterocycles. The number of aromatic nitrogens is 2. The molecule has 0 fully saturated rings. The third-order valence-electron chi connectivity index (χ3n) is 4.59. The van der Waals surface area contributed by atoms with E-state index in [2.05, 4.69) is 22.4 Å². The van der Waals surface area contributed by atoms with Crippen LogP contribution >= 0.6 is 0 Å². The summed E-state index contributed by atoms with van der Waals surface area (Å²) in [5.74, 6) is 1.20. The molecule has 4 rings (SSSR count). The Kier molecular flexibility index (Phi) is 5.85. The predicted octanol–water partition coefficient (Wildman–Crippen LogP) is 4.98. The van der Waals surface area contributed by atoms with E-state index >= 15 is 0 Å². The molecular weight excluding hydrogens is 378 g/mol. The molecule has 0 saturated heterocycles. The molecule has 1 aromatic heterocycles. The summed E-state index contributed by atoms with van der Waals surface area (Å²) in [6, 6.07) is 24.6. The van der Waals surface area contributed by atoms with Crippen LogP contribution in [0.15, 0.2) is 83.4 Å². The first-order valence-corrected chi connectivity index (χ1v) is 9.73. The lowest BCUT2D eigenvalue weighted by Gasteiger charge is -2.10. The van der Waals surface area contributed by atoms with Gasteiger partial charge in [-0.1, -0.05) is 66.7 Å². The van der Waals surface area contributed by atoms with Crippen molar-refractivity contribution in [2.24, 2.45) is 0 Å². The number of hydrogen-bond donors (Lipinski definition) is 1. The Labute approximate surface area is 174 Å². The van der Waals surface area contributed by atoms with E-state index < -0.39 is 0 Å². The first-order chi connectivity index (χ1) is 14.7. The summed E-state index contributed by atoms with van der Waals surface area (Å²) in [4.78, 5) is 16.9. The highest BCUT2D eigenvalue weighted by molar-refractivity contribution is 5.95. The fourth-order valence-electron chi connectivity index (χ4n) is 2.97. The number of para-hydroxylation sites is 1. The lowest BCUT2D eigenvalue weighted by atomic mass is 10.1. The third kappa shape index (κ3) is 4.55. The normalized spacial score (nSPS) is 10.6. The standard InChI is InChI=1S/C24H21N3O3/c1-2-17-12-14-19(15-13-17)29-16-22(28)25-21-11-7-6-10-20(21)24-26-23(27-30-24)18-8-4-3-5-9-18/h3-15H,2,16H2,1H3,(H,25,28). The summed E-state index contributed by atoms with van der Waals surface area (Å²) < 4.78 is 11.0. The van der Waals surface area contributed by atoms with E-state index in [0.717, 1.165) is 12.0 Å². The Morgan fingerprint density at radius 2 is 1.70 bits per heavy atom. The van der Waals surface area contributed by atoms with E-state index in [1.807, 2.05) is 72.8 Å². The number of anilines is 1. The number of carbonyl (C=O) groups is 1. The number of amides is 1. The predicted molar refractivity (Wildman–Crippen MR) is 115 cm³/mol. The van der Waals surface area contributed by atoms with E-state index in [4.69, 9.17) is 9.26 Å². The maximum atomic E-state index is 12.4. The van der Waals surface area contributed by atoms with Crippen LogP contribution in [0.2, 0.25) is 0 Å². The Balaban J connectivity index is 1.45. The molecule has 0 aliphatic rings. The number of nitrogens with zero attached hydrogens (tertiary/aromatic N) is 2. The molecular formula is C24H21N3O3. The highest BCUT2D eigenvalue weighted by atomic mass is 16.5. The molecule has 0 aliphatic carbocycles. The molecule has 0 unspecified atom stereocenters. The van der Waals surface area contributed by atoms with Gasteiger partial charge in [0.05, 0.1) is 11.3 Å². The van der Waals surface area contributed by atoms with Gasteiger partial charge in [-0.2, -0.15) is 4.98 Å². The van der Waals surface area contributed by atoms with Crippen molar-refractivity contribution in [3.63, 3.8) is 0 Å². The minimum atomic E-state index is -0.273. The molecule has 0 aliphatic heterocycles. The lowest BCUT2D eigenvalue weighted by Crippen LogP contribution is -2.20. The maximum Gasteiger partial charge on any atom is 0.262 e. The van der Waals surface area contributed by atoms with Crippen LogP contribution in [0.5, 0.6) is 5.75 Å². The van der Waals surface area contributed by atoms with Gasteiger partial charge < -0.3 is 14.6 Å². The molecule has 4 aromatic rings. The maximum absolute atomic E-state index is 12.4. The fraction of sp³-hybridized carbons (Fsp3) is 0.125. The summed E-state index contributed by atoms with van der Waals surface area (Å²) in [7, 11) is 0. The van der Waals surface area contributed by atoms with Gasteiger partial charge >= 0.3 is 0 Å². The molecule has 0 bridgehead atoms. The Morgan fingerprint density at radius 1 is 0.967 bits per heavy atom. The Hall–Kier alpha value is -3.93. The van der Waals surface area contributed by atoms with Crippen LogP contribution in [0.3, 0.4) is 0 Å². The summed E-state index contributed by atoms with van der Waals surface area (Å²) in [5.41, 5.74) is 3.30. The first-order valence-electron chi connectivity index (χ1n) is 9.73. The quantitative estimate of drug-likeness (QED) is 0.474. The number of aryl methyl sites for hydroxylation is 1. The topological polar surface area (TPSA) is 77.2 Å². The number of benzene rings is 3. The van der Waals surface area contributed by atoms with Gasteiger partial charge in [0.2, 0.25) is 5.82 Å². The molecule has 150 valence electrons. The number of ether oxygens (including phenoxy) is 1. The zero-order chi connectivity index (χ0) is 20.8. The van der Waals surface area contributed by atoms with E-state index in [9.17, 15) is 4.79 Å². The average Bonchev–Trinajstić information content (AvgIpc) is 3.29. The van der Waals surface area contributed by atoms with Crippen LogP contribution in [-0.4, -0.2) is 22.7 Å². The van der Waals surface area contributed by atoms with Gasteiger partial charge in [-0.05, 0) is 36.2 Å². The SMILES string of the molecule is CCc1ccc(OCC(=O)Nc2ccccc2-c2nc(-c3ccccc3)no2)cc1. The Morgan fingerprint density at radius 3 is 2.47 bits per heavy atom. The van der Waals surface area contributed by atoms with Gasteiger partial charge in [0.25, 0.3) is 11.8 Å². The number of rotatable bonds is 7. The molecule has 0 spiro atoms. The minimum absolute atomic E-state index is 0.0983. The van der Waals surface area contributed by atoms with Crippen molar-refractivity contribution in [3.8, 4) is 28.6 Å². The average molecular weight is 399 g/mol. The van der Waals surface area contributed by atoms with Crippen LogP contribution in [0.25, 0.3) is 22.8 Å². The van der Waals surface area contributed by atoms with Crippen molar-refractivity contribution >= 4 is 11.6 Å². The highest BCUT2D eigenvalue weighted by Crippen LogP contribution is 2.28. The molecule has 0 atom stereocenters. The Bertz CT molecular complexity index is 1120. The molecule has 30 heavy (non-hydrogen) atoms. The van der Waals surface area contributed by atoms with Gasteiger partial charge in [0.1, 0.15) is 5.75 Å². The summed E-state index contributed by atoms with van der Waals surface area (Å²) in [5, 5.41) is 6.91. The van der Waals surface area contributed by atoms with E-state index in [1.165, 1.54) is 5.56 Å². The van der Waals surface area contributed by atoms with Crippen molar-refractivity contribution in [3.05, 3.63) is 84.4 Å². The number of nitrogens with one attached hydrogen (secondary N) is 1. The second-order valence-electron chi connectivity index (χ2n) is 6.67. The zero-order valence-corrected chi connectivity index (χ0v) is 16.5. The fourth-order valence-corrected chi connectivity index (χ4v) is 2.97. The van der Waals surface area contributed by atoms with E-state index in [0.29, 0.717) is 28.7 Å². The van der Waals surface area contributed by atoms with Crippen LogP contribution in [0, 0.1) is 0 Å². The smallest absolute Gasteiger partial charge is 0.262 e. The summed E-state index contributed by atoms with van der Waals surface area (Å²) >= 11 is 0. The van der Waals surface area contributed by atoms with Crippen LogP contribution in [-0.2, 0) is 11.2 Å². The molecule has 3 aromatic carbocycles. The molecule has 6 heteroatoms. The largest absolute Gasteiger partial charge is 0.484 e. The molecule has 1 amide bonds.